The monoisotopic (exact) mass is 386 g/mol. The molecule has 146 valence electrons. The molecular weight excluding hydrogens is 360 g/mol. The molecule has 7 nitrogen and oxygen atoms in total. The highest BCUT2D eigenvalue weighted by molar-refractivity contribution is 5.93. The summed E-state index contributed by atoms with van der Waals surface area (Å²) in [5, 5.41) is 12.1. The van der Waals surface area contributed by atoms with Crippen LogP contribution in [0.2, 0.25) is 0 Å². The van der Waals surface area contributed by atoms with Gasteiger partial charge in [0.1, 0.15) is 6.04 Å². The zero-order valence-electron chi connectivity index (χ0n) is 15.2. The fraction of sp³-hybridized carbons (Fsp3) is 0.556. The molecule has 0 saturated carbocycles. The van der Waals surface area contributed by atoms with E-state index in [4.69, 9.17) is 9.47 Å². The molecule has 1 unspecified atom stereocenters. The van der Waals surface area contributed by atoms with Crippen LogP contribution in [-0.2, 0) is 9.59 Å². The number of benzene rings is 1. The summed E-state index contributed by atoms with van der Waals surface area (Å²) in [6, 6.07) is 4.64. The number of ether oxygens (including phenoxy) is 2. The van der Waals surface area contributed by atoms with Crippen molar-refractivity contribution in [2.75, 3.05) is 31.6 Å². The van der Waals surface area contributed by atoms with Gasteiger partial charge in [0.05, 0.1) is 19.8 Å². The van der Waals surface area contributed by atoms with Crippen molar-refractivity contribution < 1.29 is 24.2 Å². The van der Waals surface area contributed by atoms with Crippen LogP contribution in [0, 0.1) is 0 Å². The third-order valence-corrected chi connectivity index (χ3v) is 4.07. The van der Waals surface area contributed by atoms with Gasteiger partial charge >= 0.3 is 5.97 Å². The first-order chi connectivity index (χ1) is 12.0. The van der Waals surface area contributed by atoms with Crippen LogP contribution < -0.4 is 14.8 Å². The van der Waals surface area contributed by atoms with Crippen LogP contribution in [-0.4, -0.2) is 54.2 Å². The fourth-order valence-corrected chi connectivity index (χ4v) is 2.97. The number of aliphatic carboxylic acids is 1. The summed E-state index contributed by atoms with van der Waals surface area (Å²) in [5.41, 5.74) is 0.598. The number of amides is 1. The second kappa shape index (κ2) is 10.9. The van der Waals surface area contributed by atoms with E-state index in [1.807, 2.05) is 13.8 Å². The Morgan fingerprint density at radius 1 is 1.19 bits per heavy atom. The third-order valence-electron chi connectivity index (χ3n) is 4.07. The molecule has 0 aromatic heterocycles. The van der Waals surface area contributed by atoms with Gasteiger partial charge in [-0.2, -0.15) is 0 Å². The van der Waals surface area contributed by atoms with Crippen LogP contribution in [0.3, 0.4) is 0 Å². The van der Waals surface area contributed by atoms with E-state index in [1.165, 1.54) is 0 Å². The third kappa shape index (κ3) is 6.07. The van der Waals surface area contributed by atoms with E-state index in [-0.39, 0.29) is 24.9 Å². The van der Waals surface area contributed by atoms with Gasteiger partial charge in [-0.25, -0.2) is 0 Å². The standard InChI is InChI=1S/C18H26N2O5.ClH/c1-3-24-15-9-8-13(11-16(15)25-4-2)19-17(21)12-20-10-6-5-7-14(20)18(22)23;/h8-9,11,14H,3-7,10,12H2,1-2H3,(H,19,21)(H,22,23);1H. The molecule has 0 bridgehead atoms. The summed E-state index contributed by atoms with van der Waals surface area (Å²) in [6.45, 7) is 5.47. The Labute approximate surface area is 160 Å². The van der Waals surface area contributed by atoms with Gasteiger partial charge in [-0.05, 0) is 45.4 Å². The lowest BCUT2D eigenvalue weighted by Gasteiger charge is -2.32. The van der Waals surface area contributed by atoms with E-state index in [0.717, 1.165) is 12.8 Å². The summed E-state index contributed by atoms with van der Waals surface area (Å²) in [7, 11) is 0. The molecule has 1 amide bonds. The second-order valence-corrected chi connectivity index (χ2v) is 5.90. The Kier molecular flexibility index (Phi) is 9.23. The Morgan fingerprint density at radius 2 is 1.88 bits per heavy atom. The molecule has 1 heterocycles. The number of anilines is 1. The van der Waals surface area contributed by atoms with Crippen LogP contribution in [0.1, 0.15) is 33.1 Å². The Morgan fingerprint density at radius 3 is 2.54 bits per heavy atom. The number of carbonyl (C=O) groups excluding carboxylic acids is 1. The van der Waals surface area contributed by atoms with Gasteiger partial charge in [0.25, 0.3) is 0 Å². The van der Waals surface area contributed by atoms with E-state index in [1.54, 1.807) is 23.1 Å². The minimum Gasteiger partial charge on any atom is -0.490 e. The molecule has 0 aliphatic carbocycles. The number of halogens is 1. The highest BCUT2D eigenvalue weighted by Crippen LogP contribution is 2.30. The van der Waals surface area contributed by atoms with Gasteiger partial charge < -0.3 is 19.9 Å². The minimum atomic E-state index is -0.868. The van der Waals surface area contributed by atoms with Gasteiger partial charge in [0.2, 0.25) is 5.91 Å². The lowest BCUT2D eigenvalue weighted by atomic mass is 10.0. The summed E-state index contributed by atoms with van der Waals surface area (Å²) >= 11 is 0. The SMILES string of the molecule is CCOc1ccc(NC(=O)CN2CCCCC2C(=O)O)cc1OCC.Cl. The average Bonchev–Trinajstić information content (AvgIpc) is 2.58. The molecule has 1 aromatic rings. The molecular formula is C18H27ClN2O5. The van der Waals surface area contributed by atoms with Crippen molar-refractivity contribution in [2.24, 2.45) is 0 Å². The Bertz CT molecular complexity index is 611. The molecule has 1 aliphatic rings. The molecule has 2 rings (SSSR count). The van der Waals surface area contributed by atoms with Crippen molar-refractivity contribution in [3.05, 3.63) is 18.2 Å². The maximum atomic E-state index is 12.3. The summed E-state index contributed by atoms with van der Waals surface area (Å²) in [5.74, 6) is 0.0970. The van der Waals surface area contributed by atoms with Crippen molar-refractivity contribution in [3.8, 4) is 11.5 Å². The van der Waals surface area contributed by atoms with E-state index >= 15 is 0 Å². The van der Waals surface area contributed by atoms with E-state index in [2.05, 4.69) is 5.32 Å². The van der Waals surface area contributed by atoms with Crippen molar-refractivity contribution in [3.63, 3.8) is 0 Å². The van der Waals surface area contributed by atoms with Crippen LogP contribution in [0.15, 0.2) is 18.2 Å². The molecule has 26 heavy (non-hydrogen) atoms. The smallest absolute Gasteiger partial charge is 0.320 e. The zero-order chi connectivity index (χ0) is 18.2. The molecule has 2 N–H and O–H groups in total. The zero-order valence-corrected chi connectivity index (χ0v) is 16.0. The van der Waals surface area contributed by atoms with E-state index in [0.29, 0.717) is 43.4 Å². The number of rotatable bonds is 8. The second-order valence-electron chi connectivity index (χ2n) is 5.90. The van der Waals surface area contributed by atoms with Gasteiger partial charge in [-0.3, -0.25) is 14.5 Å². The van der Waals surface area contributed by atoms with Gasteiger partial charge in [0.15, 0.2) is 11.5 Å². The number of nitrogens with zero attached hydrogens (tertiary/aromatic N) is 1. The lowest BCUT2D eigenvalue weighted by molar-refractivity contribution is -0.145. The average molecular weight is 387 g/mol. The summed E-state index contributed by atoms with van der Waals surface area (Å²) in [4.78, 5) is 25.3. The quantitative estimate of drug-likeness (QED) is 0.714. The van der Waals surface area contributed by atoms with Crippen LogP contribution in [0.25, 0.3) is 0 Å². The van der Waals surface area contributed by atoms with E-state index < -0.39 is 12.0 Å². The van der Waals surface area contributed by atoms with Crippen molar-refractivity contribution in [1.29, 1.82) is 0 Å². The normalized spacial score (nSPS) is 17.1. The number of likely N-dealkylation sites (tertiary alicyclic amines) is 1. The highest BCUT2D eigenvalue weighted by atomic mass is 35.5. The number of nitrogens with one attached hydrogen (secondary N) is 1. The predicted octanol–water partition coefficient (Wildman–Crippen LogP) is 2.78. The Balaban J connectivity index is 0.00000338. The topological polar surface area (TPSA) is 88.1 Å². The molecule has 0 spiro atoms. The Hall–Kier alpha value is -1.99. The van der Waals surface area contributed by atoms with Crippen molar-refractivity contribution in [2.45, 2.75) is 39.2 Å². The summed E-state index contributed by atoms with van der Waals surface area (Å²) in [6.07, 6.45) is 2.38. The molecule has 1 fully saturated rings. The first-order valence-electron chi connectivity index (χ1n) is 8.71. The lowest BCUT2D eigenvalue weighted by Crippen LogP contribution is -2.47. The molecule has 1 aromatic carbocycles. The molecule has 0 radical (unpaired) electrons. The maximum absolute atomic E-state index is 12.3. The first-order valence-corrected chi connectivity index (χ1v) is 8.71. The number of piperidine rings is 1. The maximum Gasteiger partial charge on any atom is 0.320 e. The molecule has 1 aliphatic heterocycles. The summed E-state index contributed by atoms with van der Waals surface area (Å²) < 4.78 is 11.0. The van der Waals surface area contributed by atoms with Gasteiger partial charge in [-0.1, -0.05) is 6.42 Å². The van der Waals surface area contributed by atoms with E-state index in [9.17, 15) is 14.7 Å². The largest absolute Gasteiger partial charge is 0.490 e. The first kappa shape index (κ1) is 22.1. The number of hydrogen-bond acceptors (Lipinski definition) is 5. The van der Waals surface area contributed by atoms with Crippen LogP contribution in [0.4, 0.5) is 5.69 Å². The molecule has 1 saturated heterocycles. The van der Waals surface area contributed by atoms with Crippen molar-refractivity contribution >= 4 is 30.0 Å². The fourth-order valence-electron chi connectivity index (χ4n) is 2.97. The molecule has 8 heteroatoms. The van der Waals surface area contributed by atoms with Gasteiger partial charge in [0, 0.05) is 11.8 Å². The predicted molar refractivity (Wildman–Crippen MR) is 102 cm³/mol. The molecule has 1 atom stereocenters. The number of carbonyl (C=O) groups is 2. The van der Waals surface area contributed by atoms with Crippen LogP contribution >= 0.6 is 12.4 Å². The minimum absolute atomic E-state index is 0. The number of hydrogen-bond donors (Lipinski definition) is 2. The number of carboxylic acid groups (broad SMARTS) is 1. The van der Waals surface area contributed by atoms with Crippen LogP contribution in [0.5, 0.6) is 11.5 Å². The van der Waals surface area contributed by atoms with Gasteiger partial charge in [-0.15, -0.1) is 12.4 Å². The number of carboxylic acids is 1. The highest BCUT2D eigenvalue weighted by Gasteiger charge is 2.29. The van der Waals surface area contributed by atoms with Crippen molar-refractivity contribution in [1.82, 2.24) is 4.90 Å².